The van der Waals surface area contributed by atoms with E-state index in [9.17, 15) is 0 Å². The smallest absolute Gasteiger partial charge is 0.0525 e. The van der Waals surface area contributed by atoms with Crippen molar-refractivity contribution in [2.24, 2.45) is 0 Å². The molecule has 1 heteroatoms. The fourth-order valence-electron chi connectivity index (χ4n) is 3.35. The standard InChI is InChI=1S/C22H23N/c1-16-15-17(2)21(19-13-9-6-10-14-19)22(23(3)4)20(16)18-11-7-5-8-12-18/h5-15H,1-4H3. The predicted octanol–water partition coefficient (Wildman–Crippen LogP) is 5.70. The lowest BCUT2D eigenvalue weighted by Gasteiger charge is -2.26. The van der Waals surface area contributed by atoms with Crippen molar-refractivity contribution in [1.29, 1.82) is 0 Å². The van der Waals surface area contributed by atoms with Gasteiger partial charge in [-0.05, 0) is 36.1 Å². The van der Waals surface area contributed by atoms with Crippen LogP contribution in [0.3, 0.4) is 0 Å². The van der Waals surface area contributed by atoms with Crippen LogP contribution in [0.15, 0.2) is 66.7 Å². The Kier molecular flexibility index (Phi) is 4.20. The van der Waals surface area contributed by atoms with Crippen molar-refractivity contribution in [3.05, 3.63) is 77.9 Å². The summed E-state index contributed by atoms with van der Waals surface area (Å²) in [4.78, 5) is 2.24. The van der Waals surface area contributed by atoms with Gasteiger partial charge >= 0.3 is 0 Å². The first-order chi connectivity index (χ1) is 11.1. The van der Waals surface area contributed by atoms with E-state index in [1.165, 1.54) is 39.1 Å². The van der Waals surface area contributed by atoms with E-state index in [1.807, 2.05) is 0 Å². The largest absolute Gasteiger partial charge is 0.377 e. The van der Waals surface area contributed by atoms with E-state index in [0.29, 0.717) is 0 Å². The molecule has 0 aliphatic carbocycles. The highest BCUT2D eigenvalue weighted by atomic mass is 15.1. The maximum absolute atomic E-state index is 2.30. The van der Waals surface area contributed by atoms with E-state index in [2.05, 4.69) is 99.6 Å². The summed E-state index contributed by atoms with van der Waals surface area (Å²) < 4.78 is 0. The summed E-state index contributed by atoms with van der Waals surface area (Å²) >= 11 is 0. The number of rotatable bonds is 3. The Labute approximate surface area is 139 Å². The Morgan fingerprint density at radius 1 is 0.609 bits per heavy atom. The molecule has 0 spiro atoms. The van der Waals surface area contributed by atoms with Crippen molar-refractivity contribution in [1.82, 2.24) is 0 Å². The first-order valence-corrected chi connectivity index (χ1v) is 8.02. The van der Waals surface area contributed by atoms with E-state index < -0.39 is 0 Å². The molecule has 3 aromatic rings. The van der Waals surface area contributed by atoms with Gasteiger partial charge in [-0.3, -0.25) is 0 Å². The Morgan fingerprint density at radius 3 is 1.35 bits per heavy atom. The fourth-order valence-corrected chi connectivity index (χ4v) is 3.35. The van der Waals surface area contributed by atoms with Crippen LogP contribution in [0, 0.1) is 13.8 Å². The minimum atomic E-state index is 1.27. The predicted molar refractivity (Wildman–Crippen MR) is 101 cm³/mol. The Morgan fingerprint density at radius 2 is 1.00 bits per heavy atom. The molecule has 0 heterocycles. The Balaban J connectivity index is 2.37. The van der Waals surface area contributed by atoms with Gasteiger partial charge in [0.1, 0.15) is 0 Å². The van der Waals surface area contributed by atoms with Crippen LogP contribution in [0.5, 0.6) is 0 Å². The van der Waals surface area contributed by atoms with Crippen LogP contribution in [0.4, 0.5) is 5.69 Å². The SMILES string of the molecule is Cc1cc(C)c(-c2ccccc2)c(N(C)C)c1-c1ccccc1. The molecule has 3 rings (SSSR count). The van der Waals surface area contributed by atoms with Gasteiger partial charge in [-0.25, -0.2) is 0 Å². The van der Waals surface area contributed by atoms with Crippen LogP contribution in [0.2, 0.25) is 0 Å². The van der Waals surface area contributed by atoms with E-state index in [-0.39, 0.29) is 0 Å². The average Bonchev–Trinajstić information content (AvgIpc) is 2.55. The molecule has 0 aromatic heterocycles. The molecule has 0 aliphatic rings. The number of hydrogen-bond donors (Lipinski definition) is 0. The summed E-state index contributed by atoms with van der Waals surface area (Å²) in [5.74, 6) is 0. The summed E-state index contributed by atoms with van der Waals surface area (Å²) in [7, 11) is 4.26. The van der Waals surface area contributed by atoms with Gasteiger partial charge in [-0.15, -0.1) is 0 Å². The van der Waals surface area contributed by atoms with E-state index in [1.54, 1.807) is 0 Å². The molecule has 0 atom stereocenters. The first-order valence-electron chi connectivity index (χ1n) is 8.02. The summed E-state index contributed by atoms with van der Waals surface area (Å²) in [5.41, 5.74) is 9.10. The molecule has 0 unspecified atom stereocenters. The zero-order valence-electron chi connectivity index (χ0n) is 14.3. The number of anilines is 1. The lowest BCUT2D eigenvalue weighted by atomic mass is 9.88. The third-order valence-corrected chi connectivity index (χ3v) is 4.27. The van der Waals surface area contributed by atoms with Crippen molar-refractivity contribution in [2.75, 3.05) is 19.0 Å². The maximum atomic E-state index is 2.30. The molecule has 1 nitrogen and oxygen atoms in total. The van der Waals surface area contributed by atoms with Crippen molar-refractivity contribution in [3.8, 4) is 22.3 Å². The van der Waals surface area contributed by atoms with Gasteiger partial charge in [0, 0.05) is 25.2 Å². The number of nitrogens with zero attached hydrogens (tertiary/aromatic N) is 1. The van der Waals surface area contributed by atoms with Crippen LogP contribution in [-0.2, 0) is 0 Å². The topological polar surface area (TPSA) is 3.24 Å². The van der Waals surface area contributed by atoms with Crippen molar-refractivity contribution in [2.45, 2.75) is 13.8 Å². The molecule has 0 saturated heterocycles. The highest BCUT2D eigenvalue weighted by Crippen LogP contribution is 2.42. The van der Waals surface area contributed by atoms with Crippen LogP contribution < -0.4 is 4.90 Å². The minimum Gasteiger partial charge on any atom is -0.377 e. The molecular formula is C22H23N. The van der Waals surface area contributed by atoms with E-state index in [0.717, 1.165) is 0 Å². The molecule has 0 radical (unpaired) electrons. The van der Waals surface area contributed by atoms with Crippen LogP contribution in [0.25, 0.3) is 22.3 Å². The van der Waals surface area contributed by atoms with Gasteiger partial charge in [0.25, 0.3) is 0 Å². The number of aryl methyl sites for hydroxylation is 2. The van der Waals surface area contributed by atoms with E-state index in [4.69, 9.17) is 0 Å². The van der Waals surface area contributed by atoms with Gasteiger partial charge in [0.2, 0.25) is 0 Å². The van der Waals surface area contributed by atoms with Crippen LogP contribution >= 0.6 is 0 Å². The third kappa shape index (κ3) is 2.87. The van der Waals surface area contributed by atoms with Gasteiger partial charge in [0.15, 0.2) is 0 Å². The first kappa shape index (κ1) is 15.4. The molecule has 0 N–H and O–H groups in total. The zero-order chi connectivity index (χ0) is 16.4. The molecule has 23 heavy (non-hydrogen) atoms. The fraction of sp³-hybridized carbons (Fsp3) is 0.182. The number of hydrogen-bond acceptors (Lipinski definition) is 1. The maximum Gasteiger partial charge on any atom is 0.0525 e. The summed E-state index contributed by atoms with van der Waals surface area (Å²) in [6.45, 7) is 4.41. The zero-order valence-corrected chi connectivity index (χ0v) is 14.3. The normalized spacial score (nSPS) is 10.6. The highest BCUT2D eigenvalue weighted by Gasteiger charge is 2.18. The van der Waals surface area contributed by atoms with Crippen molar-refractivity contribution in [3.63, 3.8) is 0 Å². The van der Waals surface area contributed by atoms with Crippen LogP contribution in [0.1, 0.15) is 11.1 Å². The van der Waals surface area contributed by atoms with Crippen LogP contribution in [-0.4, -0.2) is 14.1 Å². The average molecular weight is 301 g/mol. The summed E-state index contributed by atoms with van der Waals surface area (Å²) in [6, 6.07) is 23.6. The monoisotopic (exact) mass is 301 g/mol. The Hall–Kier alpha value is -2.54. The van der Waals surface area contributed by atoms with Gasteiger partial charge in [-0.2, -0.15) is 0 Å². The quantitative estimate of drug-likeness (QED) is 0.599. The number of benzene rings is 3. The van der Waals surface area contributed by atoms with E-state index >= 15 is 0 Å². The molecular weight excluding hydrogens is 278 g/mol. The van der Waals surface area contributed by atoms with Gasteiger partial charge < -0.3 is 4.90 Å². The second-order valence-electron chi connectivity index (χ2n) is 6.24. The molecule has 0 fully saturated rings. The molecule has 0 aliphatic heterocycles. The molecule has 0 saturated carbocycles. The summed E-state index contributed by atoms with van der Waals surface area (Å²) in [5, 5.41) is 0. The second-order valence-corrected chi connectivity index (χ2v) is 6.24. The van der Waals surface area contributed by atoms with Crippen molar-refractivity contribution >= 4 is 5.69 Å². The van der Waals surface area contributed by atoms with Crippen molar-refractivity contribution < 1.29 is 0 Å². The van der Waals surface area contributed by atoms with Gasteiger partial charge in [-0.1, -0.05) is 66.7 Å². The molecule has 3 aromatic carbocycles. The second kappa shape index (κ2) is 6.29. The summed E-state index contributed by atoms with van der Waals surface area (Å²) in [6.07, 6.45) is 0. The minimum absolute atomic E-state index is 1.27. The molecule has 116 valence electrons. The lowest BCUT2D eigenvalue weighted by molar-refractivity contribution is 1.12. The Bertz CT molecular complexity index is 739. The lowest BCUT2D eigenvalue weighted by Crippen LogP contribution is -2.13. The highest BCUT2D eigenvalue weighted by molar-refractivity contribution is 5.94. The molecule has 0 bridgehead atoms. The third-order valence-electron chi connectivity index (χ3n) is 4.27. The van der Waals surface area contributed by atoms with Gasteiger partial charge in [0.05, 0.1) is 5.69 Å². The molecule has 0 amide bonds.